The number of nitrogens with one attached hydrogen (secondary N) is 1. The predicted molar refractivity (Wildman–Crippen MR) is 123 cm³/mol. The second-order valence-electron chi connectivity index (χ2n) is 7.86. The fourth-order valence-electron chi connectivity index (χ4n) is 3.63. The van der Waals surface area contributed by atoms with Gasteiger partial charge in [0.1, 0.15) is 0 Å². The van der Waals surface area contributed by atoms with Crippen LogP contribution >= 0.6 is 0 Å². The van der Waals surface area contributed by atoms with Gasteiger partial charge in [0, 0.05) is 25.2 Å². The maximum Gasteiger partial charge on any atom is 0.255 e. The monoisotopic (exact) mass is 475 g/mol. The van der Waals surface area contributed by atoms with Crippen LogP contribution in [0.5, 0.6) is 11.5 Å². The Bertz CT molecular complexity index is 1130. The molecule has 9 nitrogen and oxygen atoms in total. The lowest BCUT2D eigenvalue weighted by atomic mass is 10.1. The molecule has 2 aromatic rings. The molecule has 3 N–H and O–H groups in total. The number of carbonyl (C=O) groups is 2. The standard InChI is InChI=1S/C23H29N3O6S/c1-16-6-8-18(33(29,30)26-10-4-3-5-11-26)13-19(16)23(28)25-14-17-7-9-20(21(12-17)31-2)32-15-22(24)27/h6-9,12-13H,3-5,10-11,14-15H2,1-2H3,(H2,24,27)(H,25,28). The number of ether oxygens (including phenoxy) is 2. The van der Waals surface area contributed by atoms with E-state index in [0.29, 0.717) is 35.7 Å². The van der Waals surface area contributed by atoms with Crippen LogP contribution in [-0.2, 0) is 21.4 Å². The largest absolute Gasteiger partial charge is 0.493 e. The van der Waals surface area contributed by atoms with E-state index in [1.807, 2.05) is 0 Å². The average molecular weight is 476 g/mol. The zero-order chi connectivity index (χ0) is 24.0. The van der Waals surface area contributed by atoms with Gasteiger partial charge in [-0.05, 0) is 55.2 Å². The van der Waals surface area contributed by atoms with Crippen LogP contribution in [0.4, 0.5) is 0 Å². The number of carbonyl (C=O) groups excluding carboxylic acids is 2. The van der Waals surface area contributed by atoms with Crippen molar-refractivity contribution < 1.29 is 27.5 Å². The Kier molecular flexibility index (Phi) is 7.93. The summed E-state index contributed by atoms with van der Waals surface area (Å²) in [6.07, 6.45) is 2.71. The molecule has 1 fully saturated rings. The second kappa shape index (κ2) is 10.7. The Balaban J connectivity index is 1.73. The van der Waals surface area contributed by atoms with E-state index in [-0.39, 0.29) is 24.0 Å². The van der Waals surface area contributed by atoms with Crippen molar-refractivity contribution in [1.29, 1.82) is 0 Å². The van der Waals surface area contributed by atoms with Gasteiger partial charge in [-0.2, -0.15) is 4.31 Å². The number of hydrogen-bond donors (Lipinski definition) is 2. The average Bonchev–Trinajstić information content (AvgIpc) is 2.82. The van der Waals surface area contributed by atoms with Gasteiger partial charge in [0.2, 0.25) is 10.0 Å². The minimum Gasteiger partial charge on any atom is -0.493 e. The van der Waals surface area contributed by atoms with Crippen molar-refractivity contribution in [1.82, 2.24) is 9.62 Å². The van der Waals surface area contributed by atoms with Gasteiger partial charge < -0.3 is 20.5 Å². The molecular weight excluding hydrogens is 446 g/mol. The molecular formula is C23H29N3O6S. The van der Waals surface area contributed by atoms with Gasteiger partial charge in [-0.25, -0.2) is 8.42 Å². The smallest absolute Gasteiger partial charge is 0.255 e. The summed E-state index contributed by atoms with van der Waals surface area (Å²) in [5.74, 6) is -0.226. The third kappa shape index (κ3) is 6.02. The fraction of sp³-hybridized carbons (Fsp3) is 0.391. The molecule has 10 heteroatoms. The lowest BCUT2D eigenvalue weighted by Crippen LogP contribution is -2.35. The Morgan fingerprint density at radius 2 is 1.79 bits per heavy atom. The Morgan fingerprint density at radius 1 is 1.06 bits per heavy atom. The van der Waals surface area contributed by atoms with Crippen LogP contribution in [0.15, 0.2) is 41.3 Å². The number of rotatable bonds is 9. The van der Waals surface area contributed by atoms with E-state index in [4.69, 9.17) is 15.2 Å². The first-order chi connectivity index (χ1) is 15.7. The molecule has 1 aliphatic rings. The van der Waals surface area contributed by atoms with Crippen LogP contribution in [0, 0.1) is 6.92 Å². The summed E-state index contributed by atoms with van der Waals surface area (Å²) in [7, 11) is -2.17. The molecule has 178 valence electrons. The van der Waals surface area contributed by atoms with Gasteiger partial charge >= 0.3 is 0 Å². The number of methoxy groups -OCH3 is 1. The molecule has 0 saturated carbocycles. The van der Waals surface area contributed by atoms with Crippen molar-refractivity contribution in [2.24, 2.45) is 5.73 Å². The molecule has 0 atom stereocenters. The minimum atomic E-state index is -3.64. The summed E-state index contributed by atoms with van der Waals surface area (Å²) in [5, 5.41) is 2.82. The van der Waals surface area contributed by atoms with E-state index in [1.165, 1.54) is 17.5 Å². The Morgan fingerprint density at radius 3 is 2.45 bits per heavy atom. The summed E-state index contributed by atoms with van der Waals surface area (Å²) in [5.41, 5.74) is 6.82. The van der Waals surface area contributed by atoms with Crippen molar-refractivity contribution in [3.05, 3.63) is 53.1 Å². The van der Waals surface area contributed by atoms with E-state index in [2.05, 4.69) is 5.32 Å². The van der Waals surface area contributed by atoms with Crippen molar-refractivity contribution in [3.63, 3.8) is 0 Å². The van der Waals surface area contributed by atoms with E-state index in [0.717, 1.165) is 24.8 Å². The number of amides is 2. The number of primary amides is 1. The number of hydrogen-bond acceptors (Lipinski definition) is 6. The van der Waals surface area contributed by atoms with Crippen LogP contribution in [0.2, 0.25) is 0 Å². The molecule has 0 bridgehead atoms. The number of aryl methyl sites for hydroxylation is 1. The molecule has 1 saturated heterocycles. The Labute approximate surface area is 193 Å². The van der Waals surface area contributed by atoms with Crippen LogP contribution in [0.1, 0.15) is 40.7 Å². The first-order valence-electron chi connectivity index (χ1n) is 10.7. The lowest BCUT2D eigenvalue weighted by Gasteiger charge is -2.26. The van der Waals surface area contributed by atoms with Crippen LogP contribution in [-0.4, -0.2) is 51.3 Å². The van der Waals surface area contributed by atoms with Gasteiger partial charge in [0.15, 0.2) is 18.1 Å². The number of nitrogens with two attached hydrogens (primary N) is 1. The number of benzene rings is 2. The van der Waals surface area contributed by atoms with Crippen molar-refractivity contribution >= 4 is 21.8 Å². The van der Waals surface area contributed by atoms with Crippen LogP contribution in [0.25, 0.3) is 0 Å². The third-order valence-corrected chi connectivity index (χ3v) is 7.35. The van der Waals surface area contributed by atoms with Crippen molar-refractivity contribution in [3.8, 4) is 11.5 Å². The van der Waals surface area contributed by atoms with E-state index in [1.54, 1.807) is 37.3 Å². The summed E-state index contributed by atoms with van der Waals surface area (Å²) < 4.78 is 38.0. The maximum absolute atomic E-state index is 13.0. The molecule has 1 heterocycles. The quantitative estimate of drug-likeness (QED) is 0.571. The van der Waals surface area contributed by atoms with Gasteiger partial charge in [-0.3, -0.25) is 9.59 Å². The van der Waals surface area contributed by atoms with Gasteiger partial charge in [0.05, 0.1) is 12.0 Å². The maximum atomic E-state index is 13.0. The molecule has 0 aromatic heterocycles. The molecule has 1 aliphatic heterocycles. The first kappa shape index (κ1) is 24.5. The first-order valence-corrected chi connectivity index (χ1v) is 12.1. The van der Waals surface area contributed by atoms with E-state index < -0.39 is 15.9 Å². The zero-order valence-electron chi connectivity index (χ0n) is 18.8. The van der Waals surface area contributed by atoms with Gasteiger partial charge in [-0.15, -0.1) is 0 Å². The summed E-state index contributed by atoms with van der Waals surface area (Å²) in [4.78, 5) is 23.9. The molecule has 0 aliphatic carbocycles. The van der Waals surface area contributed by atoms with Crippen molar-refractivity contribution in [2.45, 2.75) is 37.6 Å². The second-order valence-corrected chi connectivity index (χ2v) is 9.80. The molecule has 33 heavy (non-hydrogen) atoms. The fourth-order valence-corrected chi connectivity index (χ4v) is 5.17. The highest BCUT2D eigenvalue weighted by Gasteiger charge is 2.27. The SMILES string of the molecule is COc1cc(CNC(=O)c2cc(S(=O)(=O)N3CCCCC3)ccc2C)ccc1OCC(N)=O. The minimum absolute atomic E-state index is 0.123. The van der Waals surface area contributed by atoms with E-state index in [9.17, 15) is 18.0 Å². The molecule has 2 aromatic carbocycles. The zero-order valence-corrected chi connectivity index (χ0v) is 19.6. The Hall–Kier alpha value is -3.11. The molecule has 2 amide bonds. The molecule has 0 radical (unpaired) electrons. The van der Waals surface area contributed by atoms with Crippen LogP contribution in [0.3, 0.4) is 0 Å². The van der Waals surface area contributed by atoms with Crippen molar-refractivity contribution in [2.75, 3.05) is 26.8 Å². The summed E-state index contributed by atoms with van der Waals surface area (Å²) in [6, 6.07) is 9.67. The highest BCUT2D eigenvalue weighted by atomic mass is 32.2. The topological polar surface area (TPSA) is 128 Å². The number of sulfonamides is 1. The van der Waals surface area contributed by atoms with Gasteiger partial charge in [-0.1, -0.05) is 18.6 Å². The van der Waals surface area contributed by atoms with Crippen LogP contribution < -0.4 is 20.5 Å². The van der Waals surface area contributed by atoms with E-state index >= 15 is 0 Å². The number of piperidine rings is 1. The lowest BCUT2D eigenvalue weighted by molar-refractivity contribution is -0.119. The molecule has 3 rings (SSSR count). The summed E-state index contributed by atoms with van der Waals surface area (Å²) in [6.45, 7) is 2.67. The molecule has 0 spiro atoms. The normalized spacial score (nSPS) is 14.5. The third-order valence-electron chi connectivity index (χ3n) is 5.46. The highest BCUT2D eigenvalue weighted by molar-refractivity contribution is 7.89. The highest BCUT2D eigenvalue weighted by Crippen LogP contribution is 2.28. The number of nitrogens with zero attached hydrogens (tertiary/aromatic N) is 1. The predicted octanol–water partition coefficient (Wildman–Crippen LogP) is 1.97. The van der Waals surface area contributed by atoms with Gasteiger partial charge in [0.25, 0.3) is 11.8 Å². The summed E-state index contributed by atoms with van der Waals surface area (Å²) >= 11 is 0. The molecule has 0 unspecified atom stereocenters.